The van der Waals surface area contributed by atoms with Crippen LogP contribution in [-0.2, 0) is 6.54 Å². The quantitative estimate of drug-likeness (QED) is 0.493. The number of H-pyrrole nitrogens is 2. The Labute approximate surface area is 168 Å². The Bertz CT molecular complexity index is 1200. The van der Waals surface area contributed by atoms with E-state index in [-0.39, 0.29) is 21.8 Å². The third kappa shape index (κ3) is 3.46. The van der Waals surface area contributed by atoms with Crippen molar-refractivity contribution in [3.05, 3.63) is 71.4 Å². The molecule has 142 valence electrons. The standard InChI is InChI=1S/C20H15ClN6O.2H2/c21-15-3-1-2-13(8-15)11-27(7-5-22)20(28)17-9-14(10-24-17)18-16-4-6-23-19(16)26-12-25-18;;/h1-4,6,8-10,12,24H,7,11H2,(H,23,25,26);2*1H. The fourth-order valence-corrected chi connectivity index (χ4v) is 3.28. The lowest BCUT2D eigenvalue weighted by Gasteiger charge is -2.19. The van der Waals surface area contributed by atoms with Crippen LogP contribution in [0, 0.1) is 11.3 Å². The van der Waals surface area contributed by atoms with Crippen molar-refractivity contribution in [1.82, 2.24) is 24.8 Å². The Hall–Kier alpha value is -3.63. The molecule has 0 aliphatic heterocycles. The Balaban J connectivity index is 0.00000160. The van der Waals surface area contributed by atoms with Crippen molar-refractivity contribution >= 4 is 28.5 Å². The lowest BCUT2D eigenvalue weighted by atomic mass is 10.1. The molecule has 0 spiro atoms. The molecule has 0 atom stereocenters. The van der Waals surface area contributed by atoms with E-state index in [0.717, 1.165) is 27.9 Å². The number of hydrogen-bond donors (Lipinski definition) is 2. The molecule has 0 bridgehead atoms. The summed E-state index contributed by atoms with van der Waals surface area (Å²) in [5, 5.41) is 10.6. The van der Waals surface area contributed by atoms with Crippen LogP contribution in [0.25, 0.3) is 22.3 Å². The lowest BCUT2D eigenvalue weighted by Crippen LogP contribution is -2.31. The Kier molecular flexibility index (Phi) is 4.79. The molecule has 0 saturated heterocycles. The van der Waals surface area contributed by atoms with Gasteiger partial charge in [0.2, 0.25) is 0 Å². The zero-order chi connectivity index (χ0) is 19.5. The molecule has 0 aliphatic carbocycles. The number of nitrogens with zero attached hydrogens (tertiary/aromatic N) is 4. The molecule has 1 amide bonds. The van der Waals surface area contributed by atoms with Crippen LogP contribution in [0.2, 0.25) is 5.02 Å². The maximum absolute atomic E-state index is 13.0. The molecule has 2 N–H and O–H groups in total. The largest absolute Gasteiger partial charge is 0.357 e. The van der Waals surface area contributed by atoms with Crippen molar-refractivity contribution in [1.29, 1.82) is 5.26 Å². The van der Waals surface area contributed by atoms with Crippen LogP contribution in [0.5, 0.6) is 0 Å². The van der Waals surface area contributed by atoms with E-state index in [2.05, 4.69) is 19.9 Å². The van der Waals surface area contributed by atoms with E-state index < -0.39 is 0 Å². The molecule has 28 heavy (non-hydrogen) atoms. The highest BCUT2D eigenvalue weighted by atomic mass is 35.5. The predicted molar refractivity (Wildman–Crippen MR) is 110 cm³/mol. The maximum Gasteiger partial charge on any atom is 0.271 e. The molecular weight excluding hydrogens is 376 g/mol. The minimum absolute atomic E-state index is 0. The van der Waals surface area contributed by atoms with Gasteiger partial charge in [0.1, 0.15) is 24.2 Å². The van der Waals surface area contributed by atoms with Crippen LogP contribution >= 0.6 is 11.6 Å². The van der Waals surface area contributed by atoms with Crippen LogP contribution in [-0.4, -0.2) is 37.3 Å². The molecule has 0 unspecified atom stereocenters. The van der Waals surface area contributed by atoms with Crippen LogP contribution in [0.15, 0.2) is 55.1 Å². The average Bonchev–Trinajstić information content (AvgIpc) is 3.36. The second kappa shape index (κ2) is 7.55. The number of nitriles is 1. The highest BCUT2D eigenvalue weighted by Crippen LogP contribution is 2.25. The molecule has 7 nitrogen and oxygen atoms in total. The summed E-state index contributed by atoms with van der Waals surface area (Å²) in [6.45, 7) is 0.256. The van der Waals surface area contributed by atoms with Gasteiger partial charge in [-0.15, -0.1) is 0 Å². The Morgan fingerprint density at radius 3 is 2.96 bits per heavy atom. The molecule has 0 radical (unpaired) electrons. The van der Waals surface area contributed by atoms with Crippen molar-refractivity contribution in [2.45, 2.75) is 6.54 Å². The summed E-state index contributed by atoms with van der Waals surface area (Å²) in [6.07, 6.45) is 5.00. The first-order chi connectivity index (χ1) is 13.7. The predicted octanol–water partition coefficient (Wildman–Crippen LogP) is 4.26. The number of carbonyl (C=O) groups is 1. The van der Waals surface area contributed by atoms with Crippen molar-refractivity contribution < 1.29 is 7.65 Å². The number of rotatable bonds is 5. The maximum atomic E-state index is 13.0. The van der Waals surface area contributed by atoms with Crippen LogP contribution < -0.4 is 0 Å². The number of benzene rings is 1. The second-order valence-corrected chi connectivity index (χ2v) is 6.65. The molecule has 0 fully saturated rings. The minimum Gasteiger partial charge on any atom is -0.357 e. The molecule has 4 rings (SSSR count). The van der Waals surface area contributed by atoms with Crippen molar-refractivity contribution in [3.63, 3.8) is 0 Å². The summed E-state index contributed by atoms with van der Waals surface area (Å²) in [5.41, 5.74) is 3.46. The first-order valence-electron chi connectivity index (χ1n) is 8.53. The fraction of sp³-hybridized carbons (Fsp3) is 0.100. The number of aromatic amines is 2. The molecule has 3 heterocycles. The zero-order valence-electron chi connectivity index (χ0n) is 14.7. The van der Waals surface area contributed by atoms with E-state index in [4.69, 9.17) is 16.9 Å². The molecule has 4 aromatic rings. The topological polar surface area (TPSA) is 101 Å². The average molecular weight is 395 g/mol. The van der Waals surface area contributed by atoms with Gasteiger partial charge in [-0.05, 0) is 29.8 Å². The van der Waals surface area contributed by atoms with Crippen molar-refractivity contribution in [2.75, 3.05) is 6.54 Å². The summed E-state index contributed by atoms with van der Waals surface area (Å²) < 4.78 is 0. The molecule has 1 aromatic carbocycles. The SMILES string of the molecule is N#CCN(Cc1cccc(Cl)c1)C(=O)c1cc(-c2ncnc3[nH]ccc23)c[nH]1.[HH].[HH]. The number of nitrogens with one attached hydrogen (secondary N) is 2. The minimum atomic E-state index is -0.271. The van der Waals surface area contributed by atoms with E-state index in [1.54, 1.807) is 30.6 Å². The van der Waals surface area contributed by atoms with E-state index in [0.29, 0.717) is 10.7 Å². The van der Waals surface area contributed by atoms with Gasteiger partial charge in [-0.3, -0.25) is 4.79 Å². The van der Waals surface area contributed by atoms with E-state index in [1.807, 2.05) is 24.3 Å². The lowest BCUT2D eigenvalue weighted by molar-refractivity contribution is 0.0760. The summed E-state index contributed by atoms with van der Waals surface area (Å²) in [5.74, 6) is -0.271. The second-order valence-electron chi connectivity index (χ2n) is 6.21. The van der Waals surface area contributed by atoms with Crippen LogP contribution in [0.4, 0.5) is 0 Å². The van der Waals surface area contributed by atoms with Gasteiger partial charge in [0.25, 0.3) is 5.91 Å². The zero-order valence-corrected chi connectivity index (χ0v) is 15.4. The smallest absolute Gasteiger partial charge is 0.271 e. The number of halogens is 1. The third-order valence-electron chi connectivity index (χ3n) is 4.35. The molecule has 0 saturated carbocycles. The number of hydrogen-bond acceptors (Lipinski definition) is 4. The molecule has 0 aliphatic rings. The third-order valence-corrected chi connectivity index (χ3v) is 4.59. The van der Waals surface area contributed by atoms with E-state index in [9.17, 15) is 4.79 Å². The fourth-order valence-electron chi connectivity index (χ4n) is 3.07. The first kappa shape index (κ1) is 17.8. The summed E-state index contributed by atoms with van der Waals surface area (Å²) in [4.78, 5) is 29.0. The summed E-state index contributed by atoms with van der Waals surface area (Å²) in [7, 11) is 0. The Morgan fingerprint density at radius 2 is 2.14 bits per heavy atom. The monoisotopic (exact) mass is 394 g/mol. The summed E-state index contributed by atoms with van der Waals surface area (Å²) >= 11 is 6.02. The van der Waals surface area contributed by atoms with Gasteiger partial charge in [0.15, 0.2) is 0 Å². The van der Waals surface area contributed by atoms with Gasteiger partial charge in [0, 0.05) is 37.8 Å². The number of carbonyl (C=O) groups excluding carboxylic acids is 1. The number of amides is 1. The first-order valence-corrected chi connectivity index (χ1v) is 8.91. The summed E-state index contributed by atoms with van der Waals surface area (Å²) in [6, 6.07) is 12.9. The van der Waals surface area contributed by atoms with Crippen LogP contribution in [0.3, 0.4) is 0 Å². The van der Waals surface area contributed by atoms with Crippen molar-refractivity contribution in [2.24, 2.45) is 0 Å². The van der Waals surface area contributed by atoms with Gasteiger partial charge in [-0.2, -0.15) is 5.26 Å². The van der Waals surface area contributed by atoms with Gasteiger partial charge >= 0.3 is 0 Å². The van der Waals surface area contributed by atoms with Gasteiger partial charge in [-0.1, -0.05) is 23.7 Å². The normalized spacial score (nSPS) is 10.7. The number of fused-ring (bicyclic) bond motifs is 1. The highest BCUT2D eigenvalue weighted by Gasteiger charge is 2.19. The van der Waals surface area contributed by atoms with Gasteiger partial charge in [0.05, 0.1) is 11.8 Å². The molecule has 8 heteroatoms. The van der Waals surface area contributed by atoms with Crippen LogP contribution in [0.1, 0.15) is 18.9 Å². The highest BCUT2D eigenvalue weighted by molar-refractivity contribution is 6.30. The van der Waals surface area contributed by atoms with Gasteiger partial charge < -0.3 is 14.9 Å². The van der Waals surface area contributed by atoms with Crippen molar-refractivity contribution in [3.8, 4) is 17.3 Å². The molecular formula is C20H19ClN6O. The van der Waals surface area contributed by atoms with E-state index in [1.165, 1.54) is 11.2 Å². The van der Waals surface area contributed by atoms with E-state index >= 15 is 0 Å². The molecule has 3 aromatic heterocycles. The van der Waals surface area contributed by atoms with Gasteiger partial charge in [-0.25, -0.2) is 9.97 Å². The number of aromatic nitrogens is 4. The Morgan fingerprint density at radius 1 is 1.25 bits per heavy atom.